The number of carbonyl (C=O) groups excluding carboxylic acids is 1. The summed E-state index contributed by atoms with van der Waals surface area (Å²) in [4.78, 5) is 18.0. The van der Waals surface area contributed by atoms with Crippen molar-refractivity contribution < 1.29 is 15.0 Å². The van der Waals surface area contributed by atoms with E-state index >= 15 is 0 Å². The number of aliphatic hydroxyl groups is 1. The zero-order chi connectivity index (χ0) is 25.8. The summed E-state index contributed by atoms with van der Waals surface area (Å²) in [6, 6.07) is 3.65. The number of Topliss-reactive ketones (excluding diaryl/α,β-unsaturated/α-hetero) is 1. The molecule has 35 heavy (non-hydrogen) atoms. The molecule has 2 N–H and O–H groups in total. The Bertz CT molecular complexity index is 1030. The largest absolute Gasteiger partial charge is 0.507 e. The summed E-state index contributed by atoms with van der Waals surface area (Å²) in [6.07, 6.45) is 5.09. The molecule has 0 aliphatic carbocycles. The number of rotatable bonds is 9. The van der Waals surface area contributed by atoms with Crippen molar-refractivity contribution in [1.82, 2.24) is 9.13 Å². The van der Waals surface area contributed by atoms with Crippen molar-refractivity contribution in [2.75, 3.05) is 7.05 Å². The molecule has 0 bridgehead atoms. The van der Waals surface area contributed by atoms with Crippen LogP contribution >= 0.6 is 17.0 Å². The third-order valence-corrected chi connectivity index (χ3v) is 6.79. The van der Waals surface area contributed by atoms with Gasteiger partial charge in [-0.05, 0) is 35.3 Å². The molecule has 0 unspecified atom stereocenters. The van der Waals surface area contributed by atoms with Crippen LogP contribution in [0.5, 0.6) is 5.75 Å². The van der Waals surface area contributed by atoms with Crippen LogP contribution in [0.3, 0.4) is 0 Å². The number of halogens is 1. The predicted molar refractivity (Wildman–Crippen MR) is 149 cm³/mol. The van der Waals surface area contributed by atoms with Gasteiger partial charge in [0.15, 0.2) is 5.78 Å². The van der Waals surface area contributed by atoms with Crippen LogP contribution in [0.15, 0.2) is 23.3 Å². The van der Waals surface area contributed by atoms with Crippen molar-refractivity contribution in [2.45, 2.75) is 105 Å². The summed E-state index contributed by atoms with van der Waals surface area (Å²) in [5.74, 6) is 0.841. The Balaban J connectivity index is 0.00000612. The summed E-state index contributed by atoms with van der Waals surface area (Å²) in [5.41, 5.74) is 2.96. The number of hydrogen-bond acceptors (Lipinski definition) is 4. The third kappa shape index (κ3) is 7.32. The maximum Gasteiger partial charge on any atom is 0.205 e. The molecule has 0 spiro atoms. The number of phenols is 1. The normalized spacial score (nSPS) is 12.8. The zero-order valence-corrected chi connectivity index (χ0v) is 24.8. The minimum absolute atomic E-state index is 0. The monoisotopic (exact) mass is 551 g/mol. The van der Waals surface area contributed by atoms with Crippen LogP contribution in [0.4, 0.5) is 0 Å². The van der Waals surface area contributed by atoms with Gasteiger partial charge in [0.1, 0.15) is 5.75 Å². The topological polar surface area (TPSA) is 79.8 Å². The highest BCUT2D eigenvalue weighted by Gasteiger charge is 2.28. The van der Waals surface area contributed by atoms with E-state index in [0.29, 0.717) is 17.1 Å². The number of nitrogens with zero attached hydrogens (tertiary/aromatic N) is 3. The predicted octanol–water partition coefficient (Wildman–Crippen LogP) is 5.90. The first kappa shape index (κ1) is 31.2. The van der Waals surface area contributed by atoms with Crippen molar-refractivity contribution in [3.05, 3.63) is 46.3 Å². The Hall–Kier alpha value is -1.86. The van der Waals surface area contributed by atoms with Gasteiger partial charge in [-0.1, -0.05) is 68.2 Å². The highest BCUT2D eigenvalue weighted by Crippen LogP contribution is 2.39. The van der Waals surface area contributed by atoms with Crippen LogP contribution in [0, 0.1) is 5.92 Å². The van der Waals surface area contributed by atoms with Gasteiger partial charge in [0, 0.05) is 36.5 Å². The van der Waals surface area contributed by atoms with E-state index in [-0.39, 0.29) is 52.5 Å². The smallest absolute Gasteiger partial charge is 0.205 e. The Kier molecular flexibility index (Phi) is 11.0. The Morgan fingerprint density at radius 2 is 1.54 bits per heavy atom. The van der Waals surface area contributed by atoms with Crippen molar-refractivity contribution in [3.8, 4) is 5.75 Å². The lowest BCUT2D eigenvalue weighted by molar-refractivity contribution is 0.0970. The van der Waals surface area contributed by atoms with Crippen LogP contribution in [0.25, 0.3) is 0 Å². The highest BCUT2D eigenvalue weighted by molar-refractivity contribution is 8.93. The first-order valence-corrected chi connectivity index (χ1v) is 12.5. The van der Waals surface area contributed by atoms with Gasteiger partial charge in [0.2, 0.25) is 5.62 Å². The lowest BCUT2D eigenvalue weighted by Gasteiger charge is -2.28. The van der Waals surface area contributed by atoms with Crippen molar-refractivity contribution in [1.29, 1.82) is 0 Å². The van der Waals surface area contributed by atoms with Crippen LogP contribution < -0.4 is 5.62 Å². The minimum Gasteiger partial charge on any atom is -0.507 e. The summed E-state index contributed by atoms with van der Waals surface area (Å²) >= 11 is 0. The van der Waals surface area contributed by atoms with Crippen molar-refractivity contribution in [3.63, 3.8) is 0 Å². The quantitative estimate of drug-likeness (QED) is 0.380. The fourth-order valence-corrected chi connectivity index (χ4v) is 4.52. The summed E-state index contributed by atoms with van der Waals surface area (Å²) in [6.45, 7) is 17.4. The molecule has 6 nitrogen and oxygen atoms in total. The molecule has 2 rings (SSSR count). The van der Waals surface area contributed by atoms with Crippen LogP contribution in [-0.2, 0) is 30.5 Å². The Morgan fingerprint density at radius 1 is 1.03 bits per heavy atom. The van der Waals surface area contributed by atoms with Gasteiger partial charge >= 0.3 is 0 Å². The highest BCUT2D eigenvalue weighted by atomic mass is 79.9. The molecule has 0 radical (unpaired) electrons. The molecule has 1 aromatic heterocycles. The first-order valence-electron chi connectivity index (χ1n) is 12.5. The number of aliphatic hydroxyl groups excluding tert-OH is 1. The zero-order valence-electron chi connectivity index (χ0n) is 23.1. The minimum atomic E-state index is -0.306. The van der Waals surface area contributed by atoms with Gasteiger partial charge in [0.25, 0.3) is 0 Å². The van der Waals surface area contributed by atoms with E-state index in [2.05, 4.69) is 18.8 Å². The maximum atomic E-state index is 13.5. The number of hydrogen-bond donors (Lipinski definition) is 2. The summed E-state index contributed by atoms with van der Waals surface area (Å²) in [7, 11) is 1.72. The molecule has 0 fully saturated rings. The molecule has 2 aromatic rings. The van der Waals surface area contributed by atoms with Crippen LogP contribution in [0.1, 0.15) is 102 Å². The second kappa shape index (κ2) is 12.4. The first-order chi connectivity index (χ1) is 15.8. The number of carbonyl (C=O) groups is 1. The molecule has 7 heteroatoms. The lowest BCUT2D eigenvalue weighted by atomic mass is 9.78. The van der Waals surface area contributed by atoms with Gasteiger partial charge in [-0.15, -0.1) is 17.0 Å². The van der Waals surface area contributed by atoms with Crippen LogP contribution in [-0.4, -0.2) is 32.2 Å². The second-order valence-corrected chi connectivity index (χ2v) is 11.4. The van der Waals surface area contributed by atoms with E-state index < -0.39 is 0 Å². The Labute approximate surface area is 221 Å². The maximum absolute atomic E-state index is 13.5. The van der Waals surface area contributed by atoms with E-state index in [4.69, 9.17) is 0 Å². The van der Waals surface area contributed by atoms with Gasteiger partial charge in [-0.3, -0.25) is 9.79 Å². The molecule has 0 atom stereocenters. The average molecular weight is 553 g/mol. The Morgan fingerprint density at radius 3 is 1.94 bits per heavy atom. The number of phenolic OH excluding ortho intramolecular Hbond substituents is 1. The molecule has 0 amide bonds. The number of aromatic hydroxyl groups is 1. The van der Waals surface area contributed by atoms with Gasteiger partial charge in [-0.2, -0.15) is 0 Å². The number of ketones is 1. The second-order valence-electron chi connectivity index (χ2n) is 11.4. The summed E-state index contributed by atoms with van der Waals surface area (Å²) in [5, 5.41) is 21.0. The van der Waals surface area contributed by atoms with E-state index in [1.807, 2.05) is 69.0 Å². The number of imidazole rings is 1. The molecule has 0 saturated heterocycles. The SMILES string of the molecule is Br.CCC(CC)CCn1c(CO)cn(CC(=O)c2cc(C(C)(C)C)c(O)c(C(C)(C)C)c2)/c1=N/C. The van der Waals surface area contributed by atoms with E-state index in [1.54, 1.807) is 7.05 Å². The van der Waals surface area contributed by atoms with E-state index in [1.165, 1.54) is 0 Å². The average Bonchev–Trinajstić information content (AvgIpc) is 3.08. The van der Waals surface area contributed by atoms with E-state index in [0.717, 1.165) is 42.6 Å². The lowest BCUT2D eigenvalue weighted by Crippen LogP contribution is -2.30. The van der Waals surface area contributed by atoms with E-state index in [9.17, 15) is 15.0 Å². The molecule has 0 aliphatic rings. The molecule has 1 heterocycles. The molecular weight excluding hydrogens is 506 g/mol. The van der Waals surface area contributed by atoms with Crippen molar-refractivity contribution in [2.24, 2.45) is 10.9 Å². The molecule has 1 aromatic carbocycles. The fraction of sp³-hybridized carbons (Fsp3) is 0.643. The van der Waals surface area contributed by atoms with Crippen molar-refractivity contribution >= 4 is 22.8 Å². The number of benzene rings is 1. The number of aromatic nitrogens is 2. The summed E-state index contributed by atoms with van der Waals surface area (Å²) < 4.78 is 3.87. The van der Waals surface area contributed by atoms with Gasteiger partial charge in [0.05, 0.1) is 18.8 Å². The molecule has 0 saturated carbocycles. The standard InChI is InChI=1S/C28H45N3O3.BrH/c1-10-19(11-2)12-13-31-21(18-32)16-30(26(31)29-9)17-24(33)20-14-22(27(3,4)5)25(34)23(15-20)28(6,7)8;/h14-16,19,32,34H,10-13,17-18H2,1-9H3;1H/b29-26-;. The van der Waals surface area contributed by atoms with Gasteiger partial charge < -0.3 is 19.3 Å². The fourth-order valence-electron chi connectivity index (χ4n) is 4.52. The van der Waals surface area contributed by atoms with Gasteiger partial charge in [-0.25, -0.2) is 0 Å². The molecular formula is C28H46BrN3O3. The third-order valence-electron chi connectivity index (χ3n) is 6.79. The molecule has 198 valence electrons. The van der Waals surface area contributed by atoms with Crippen LogP contribution in [0.2, 0.25) is 0 Å². The molecule has 0 aliphatic heterocycles.